The van der Waals surface area contributed by atoms with Crippen LogP contribution >= 0.6 is 0 Å². The first-order valence-electron chi connectivity index (χ1n) is 6.72. The maximum atomic E-state index is 10.7. The lowest BCUT2D eigenvalue weighted by atomic mass is 10.0. The molecule has 0 heterocycles. The molecule has 3 N–H and O–H groups in total. The minimum absolute atomic E-state index is 0.254. The van der Waals surface area contributed by atoms with Crippen molar-refractivity contribution in [2.24, 2.45) is 5.73 Å². The molecule has 0 radical (unpaired) electrons. The number of hydrogen-bond donors (Lipinski definition) is 2. The largest absolute Gasteiger partial charge is 0.369 e. The molecule has 0 saturated heterocycles. The molecule has 0 aromatic heterocycles. The average molecular weight is 228 g/mol. The van der Waals surface area contributed by atoms with Crippen LogP contribution in [0.3, 0.4) is 0 Å². The van der Waals surface area contributed by atoms with E-state index in [0.717, 1.165) is 0 Å². The molecule has 0 aliphatic heterocycles. The fourth-order valence-corrected chi connectivity index (χ4v) is 1.87. The highest BCUT2D eigenvalue weighted by Crippen LogP contribution is 2.10. The van der Waals surface area contributed by atoms with Crippen LogP contribution in [0.4, 0.5) is 0 Å². The van der Waals surface area contributed by atoms with Gasteiger partial charge in [0.15, 0.2) is 0 Å². The van der Waals surface area contributed by atoms with Crippen LogP contribution in [0.1, 0.15) is 65.2 Å². The molecule has 0 bridgehead atoms. The summed E-state index contributed by atoms with van der Waals surface area (Å²) < 4.78 is 0. The van der Waals surface area contributed by atoms with Crippen LogP contribution in [0.15, 0.2) is 0 Å². The predicted octanol–water partition coefficient (Wildman–Crippen LogP) is 2.59. The Labute approximate surface area is 100 Å². The van der Waals surface area contributed by atoms with Gasteiger partial charge in [-0.2, -0.15) is 0 Å². The normalized spacial score (nSPS) is 10.9. The number of carbonyl (C=O) groups excluding carboxylic acids is 1. The van der Waals surface area contributed by atoms with Gasteiger partial charge in [-0.1, -0.05) is 52.4 Å². The summed E-state index contributed by atoms with van der Waals surface area (Å²) >= 11 is 0. The summed E-state index contributed by atoms with van der Waals surface area (Å²) in [4.78, 5) is 10.7. The van der Waals surface area contributed by atoms with Crippen molar-refractivity contribution in [3.63, 3.8) is 0 Å². The maximum absolute atomic E-state index is 10.7. The summed E-state index contributed by atoms with van der Waals surface area (Å²) in [5.41, 5.74) is 5.15. The first-order valence-corrected chi connectivity index (χ1v) is 6.72. The monoisotopic (exact) mass is 228 g/mol. The molecule has 0 aliphatic carbocycles. The van der Waals surface area contributed by atoms with Crippen LogP contribution in [0.5, 0.6) is 0 Å². The van der Waals surface area contributed by atoms with Gasteiger partial charge in [-0.3, -0.25) is 4.79 Å². The Morgan fingerprint density at radius 1 is 1.06 bits per heavy atom. The summed E-state index contributed by atoms with van der Waals surface area (Å²) in [6, 6.07) is 0.477. The van der Waals surface area contributed by atoms with Crippen molar-refractivity contribution < 1.29 is 4.79 Å². The van der Waals surface area contributed by atoms with Crippen molar-refractivity contribution in [1.29, 1.82) is 0 Å². The van der Waals surface area contributed by atoms with E-state index in [2.05, 4.69) is 19.2 Å². The highest BCUT2D eigenvalue weighted by molar-refractivity contribution is 5.75. The molecule has 0 atom stereocenters. The molecule has 1 amide bonds. The lowest BCUT2D eigenvalue weighted by molar-refractivity contribution is -0.117. The molecule has 0 saturated carbocycles. The number of unbranched alkanes of at least 4 members (excludes halogenated alkanes) is 4. The van der Waals surface area contributed by atoms with Gasteiger partial charge in [-0.25, -0.2) is 0 Å². The molecule has 3 heteroatoms. The van der Waals surface area contributed by atoms with E-state index < -0.39 is 0 Å². The number of nitrogens with two attached hydrogens (primary N) is 1. The van der Waals surface area contributed by atoms with Crippen LogP contribution in [0.25, 0.3) is 0 Å². The smallest absolute Gasteiger partial charge is 0.231 e. The van der Waals surface area contributed by atoms with E-state index in [1.807, 2.05) is 0 Å². The maximum Gasteiger partial charge on any atom is 0.231 e. The minimum atomic E-state index is -0.254. The van der Waals surface area contributed by atoms with E-state index in [1.165, 1.54) is 51.4 Å². The van der Waals surface area contributed by atoms with Gasteiger partial charge >= 0.3 is 0 Å². The summed E-state index contributed by atoms with van der Waals surface area (Å²) in [6.07, 6.45) is 9.90. The van der Waals surface area contributed by atoms with Crippen molar-refractivity contribution in [3.05, 3.63) is 0 Å². The third-order valence-electron chi connectivity index (χ3n) is 2.88. The summed E-state index contributed by atoms with van der Waals surface area (Å²) in [5, 5.41) is 3.26. The van der Waals surface area contributed by atoms with E-state index in [4.69, 9.17) is 5.73 Å². The Hall–Kier alpha value is -0.570. The summed E-state index contributed by atoms with van der Waals surface area (Å²) in [7, 11) is 0. The molecule has 16 heavy (non-hydrogen) atoms. The quantitative estimate of drug-likeness (QED) is 0.534. The number of rotatable bonds is 11. The van der Waals surface area contributed by atoms with Crippen LogP contribution < -0.4 is 11.1 Å². The molecule has 0 unspecified atom stereocenters. The van der Waals surface area contributed by atoms with Crippen LogP contribution in [-0.2, 0) is 4.79 Å². The molecular weight excluding hydrogens is 200 g/mol. The minimum Gasteiger partial charge on any atom is -0.369 e. The van der Waals surface area contributed by atoms with Crippen molar-refractivity contribution in [2.75, 3.05) is 6.54 Å². The number of amides is 1. The Kier molecular flexibility index (Phi) is 10.5. The van der Waals surface area contributed by atoms with Gasteiger partial charge < -0.3 is 11.1 Å². The first kappa shape index (κ1) is 15.4. The van der Waals surface area contributed by atoms with Gasteiger partial charge in [0.2, 0.25) is 5.91 Å². The molecule has 96 valence electrons. The Balaban J connectivity index is 3.71. The Morgan fingerprint density at radius 3 is 1.94 bits per heavy atom. The molecule has 0 fully saturated rings. The van der Waals surface area contributed by atoms with E-state index in [1.54, 1.807) is 0 Å². The van der Waals surface area contributed by atoms with E-state index in [9.17, 15) is 4.79 Å². The molecule has 0 aromatic carbocycles. The van der Waals surface area contributed by atoms with Crippen molar-refractivity contribution in [3.8, 4) is 0 Å². The van der Waals surface area contributed by atoms with Crippen LogP contribution in [0, 0.1) is 0 Å². The third kappa shape index (κ3) is 9.97. The van der Waals surface area contributed by atoms with Crippen LogP contribution in [0.2, 0.25) is 0 Å². The van der Waals surface area contributed by atoms with E-state index >= 15 is 0 Å². The Morgan fingerprint density at radius 2 is 1.56 bits per heavy atom. The Bertz CT molecular complexity index is 161. The topological polar surface area (TPSA) is 55.1 Å². The lowest BCUT2D eigenvalue weighted by Gasteiger charge is -2.17. The van der Waals surface area contributed by atoms with Gasteiger partial charge in [0.05, 0.1) is 6.54 Å². The number of nitrogens with one attached hydrogen (secondary N) is 1. The van der Waals surface area contributed by atoms with Gasteiger partial charge in [-0.05, 0) is 12.8 Å². The SMILES string of the molecule is CCCCCC(CCCCC)NCC(N)=O. The number of hydrogen-bond acceptors (Lipinski definition) is 2. The van der Waals surface area contributed by atoms with Crippen LogP contribution in [-0.4, -0.2) is 18.5 Å². The zero-order chi connectivity index (χ0) is 12.2. The summed E-state index contributed by atoms with van der Waals surface area (Å²) in [5.74, 6) is -0.254. The highest BCUT2D eigenvalue weighted by atomic mass is 16.1. The van der Waals surface area contributed by atoms with E-state index in [0.29, 0.717) is 12.6 Å². The average Bonchev–Trinajstić information content (AvgIpc) is 2.25. The second kappa shape index (κ2) is 10.9. The second-order valence-electron chi connectivity index (χ2n) is 4.54. The fraction of sp³-hybridized carbons (Fsp3) is 0.923. The fourth-order valence-electron chi connectivity index (χ4n) is 1.87. The molecule has 3 nitrogen and oxygen atoms in total. The zero-order valence-corrected chi connectivity index (χ0v) is 10.9. The molecule has 0 spiro atoms. The van der Waals surface area contributed by atoms with Gasteiger partial charge in [-0.15, -0.1) is 0 Å². The molecule has 0 aliphatic rings. The molecule has 0 rings (SSSR count). The van der Waals surface area contributed by atoms with Gasteiger partial charge in [0.25, 0.3) is 0 Å². The predicted molar refractivity (Wildman–Crippen MR) is 69.3 cm³/mol. The van der Waals surface area contributed by atoms with Crippen molar-refractivity contribution in [2.45, 2.75) is 71.3 Å². The van der Waals surface area contributed by atoms with Crippen molar-refractivity contribution >= 4 is 5.91 Å². The molecule has 0 aromatic rings. The standard InChI is InChI=1S/C13H28N2O/c1-3-5-7-9-12(10-8-6-4-2)15-11-13(14)16/h12,15H,3-11H2,1-2H3,(H2,14,16). The zero-order valence-electron chi connectivity index (χ0n) is 10.9. The first-order chi connectivity index (χ1) is 7.70. The molecular formula is C13H28N2O. The summed E-state index contributed by atoms with van der Waals surface area (Å²) in [6.45, 7) is 4.74. The lowest BCUT2D eigenvalue weighted by Crippen LogP contribution is -2.36. The number of primary amides is 1. The van der Waals surface area contributed by atoms with Gasteiger partial charge in [0, 0.05) is 6.04 Å². The van der Waals surface area contributed by atoms with E-state index in [-0.39, 0.29) is 5.91 Å². The highest BCUT2D eigenvalue weighted by Gasteiger charge is 2.08. The third-order valence-corrected chi connectivity index (χ3v) is 2.88. The van der Waals surface area contributed by atoms with Crippen molar-refractivity contribution in [1.82, 2.24) is 5.32 Å². The second-order valence-corrected chi connectivity index (χ2v) is 4.54. The number of carbonyl (C=O) groups is 1. The van der Waals surface area contributed by atoms with Gasteiger partial charge in [0.1, 0.15) is 0 Å².